The van der Waals surface area contributed by atoms with Gasteiger partial charge in [0.2, 0.25) is 10.0 Å². The van der Waals surface area contributed by atoms with Gasteiger partial charge in [0.25, 0.3) is 5.56 Å². The van der Waals surface area contributed by atoms with Crippen LogP contribution in [0.25, 0.3) is 22.4 Å². The number of fused-ring (bicyclic) bond motifs is 1. The number of aromatic nitrogens is 3. The van der Waals surface area contributed by atoms with Crippen LogP contribution in [0.1, 0.15) is 39.2 Å². The second-order valence-corrected chi connectivity index (χ2v) is 11.2. The number of aliphatic hydroxyl groups is 1. The van der Waals surface area contributed by atoms with Crippen molar-refractivity contribution in [3.63, 3.8) is 0 Å². The molecule has 0 unspecified atom stereocenters. The number of aryl methyl sites for hydroxylation is 2. The average Bonchev–Trinajstić information content (AvgIpc) is 3.26. The summed E-state index contributed by atoms with van der Waals surface area (Å²) in [4.78, 5) is 23.1. The van der Waals surface area contributed by atoms with Crippen LogP contribution in [0.2, 0.25) is 0 Å². The molecule has 3 heterocycles. The minimum atomic E-state index is -3.77. The fourth-order valence-electron chi connectivity index (χ4n) is 4.78. The Bertz CT molecular complexity index is 1390. The molecule has 0 spiro atoms. The number of ether oxygens (including phenoxy) is 1. The van der Waals surface area contributed by atoms with Gasteiger partial charge in [-0.2, -0.15) is 4.31 Å². The fourth-order valence-corrected chi connectivity index (χ4v) is 6.23. The standard InChI is InChI=1S/C26H37N5O5S/c1-4-7-19-18-30(6-3)24-23(19)27-25(28-26(24)33)21-17-20(8-9-22(21)36-16-5-2)37(34,35)31-12-10-29(11-13-31)14-15-32/h8-9,17-18,32H,4-7,10-16H2,1-3H3,(H,27,28,33). The molecule has 1 fully saturated rings. The number of piperazine rings is 1. The van der Waals surface area contributed by atoms with Crippen molar-refractivity contribution in [2.24, 2.45) is 0 Å². The Kier molecular flexibility index (Phi) is 8.68. The van der Waals surface area contributed by atoms with Gasteiger partial charge in [0.1, 0.15) is 17.1 Å². The predicted octanol–water partition coefficient (Wildman–Crippen LogP) is 2.45. The average molecular weight is 532 g/mol. The number of benzene rings is 1. The van der Waals surface area contributed by atoms with Gasteiger partial charge in [-0.1, -0.05) is 20.3 Å². The summed E-state index contributed by atoms with van der Waals surface area (Å²) < 4.78 is 36.4. The lowest BCUT2D eigenvalue weighted by atomic mass is 10.1. The number of sulfonamides is 1. The Morgan fingerprint density at radius 3 is 2.51 bits per heavy atom. The molecule has 1 saturated heterocycles. The molecule has 0 atom stereocenters. The van der Waals surface area contributed by atoms with Crippen LogP contribution in [0.15, 0.2) is 34.1 Å². The molecule has 1 aromatic carbocycles. The SMILES string of the molecule is CCCOc1ccc(S(=O)(=O)N2CCN(CCO)CC2)cc1-c1nc2c(CCC)cn(CC)c2c(=O)[nH]1. The highest BCUT2D eigenvalue weighted by molar-refractivity contribution is 7.89. The largest absolute Gasteiger partial charge is 0.493 e. The van der Waals surface area contributed by atoms with Crippen LogP contribution < -0.4 is 10.3 Å². The van der Waals surface area contributed by atoms with Crippen molar-refractivity contribution in [2.45, 2.75) is 51.5 Å². The van der Waals surface area contributed by atoms with Gasteiger partial charge in [-0.25, -0.2) is 13.4 Å². The van der Waals surface area contributed by atoms with Crippen molar-refractivity contribution in [1.82, 2.24) is 23.7 Å². The zero-order chi connectivity index (χ0) is 26.6. The molecule has 1 aliphatic heterocycles. The minimum absolute atomic E-state index is 0.0481. The van der Waals surface area contributed by atoms with Crippen LogP contribution in [0.5, 0.6) is 5.75 Å². The van der Waals surface area contributed by atoms with Gasteiger partial charge in [0, 0.05) is 45.5 Å². The molecule has 11 heteroatoms. The lowest BCUT2D eigenvalue weighted by molar-refractivity contribution is 0.151. The highest BCUT2D eigenvalue weighted by atomic mass is 32.2. The molecule has 4 rings (SSSR count). The Balaban J connectivity index is 1.79. The lowest BCUT2D eigenvalue weighted by Gasteiger charge is -2.33. The first-order valence-electron chi connectivity index (χ1n) is 13.1. The monoisotopic (exact) mass is 531 g/mol. The van der Waals surface area contributed by atoms with Gasteiger partial charge in [-0.05, 0) is 43.5 Å². The van der Waals surface area contributed by atoms with Crippen LogP contribution in [0.4, 0.5) is 0 Å². The van der Waals surface area contributed by atoms with Crippen LogP contribution in [-0.4, -0.2) is 83.2 Å². The third-order valence-electron chi connectivity index (χ3n) is 6.71. The van der Waals surface area contributed by atoms with E-state index in [0.29, 0.717) is 74.0 Å². The van der Waals surface area contributed by atoms with E-state index in [9.17, 15) is 18.3 Å². The fraction of sp³-hybridized carbons (Fsp3) is 0.538. The molecule has 0 bridgehead atoms. The maximum absolute atomic E-state index is 13.5. The number of aliphatic hydroxyl groups excluding tert-OH is 1. The molecule has 1 aliphatic rings. The summed E-state index contributed by atoms with van der Waals surface area (Å²) in [6.45, 7) is 9.54. The van der Waals surface area contributed by atoms with E-state index < -0.39 is 10.0 Å². The third-order valence-corrected chi connectivity index (χ3v) is 8.61. The number of β-amino-alcohol motifs (C(OH)–C–C–N with tert-alkyl or cyclic N) is 1. The van der Waals surface area contributed by atoms with Crippen LogP contribution >= 0.6 is 0 Å². The Morgan fingerprint density at radius 2 is 1.86 bits per heavy atom. The first kappa shape index (κ1) is 27.3. The number of aromatic amines is 1. The maximum atomic E-state index is 13.5. The van der Waals surface area contributed by atoms with Crippen molar-refractivity contribution >= 4 is 21.1 Å². The highest BCUT2D eigenvalue weighted by Crippen LogP contribution is 2.33. The number of nitrogens with one attached hydrogen (secondary N) is 1. The summed E-state index contributed by atoms with van der Waals surface area (Å²) in [5.41, 5.74) is 2.33. The molecule has 202 valence electrons. The second kappa shape index (κ2) is 11.8. The van der Waals surface area contributed by atoms with Gasteiger partial charge in [-0.3, -0.25) is 9.69 Å². The summed E-state index contributed by atoms with van der Waals surface area (Å²) in [6.07, 6.45) is 4.46. The predicted molar refractivity (Wildman–Crippen MR) is 144 cm³/mol. The van der Waals surface area contributed by atoms with Crippen molar-refractivity contribution in [3.8, 4) is 17.1 Å². The van der Waals surface area contributed by atoms with E-state index in [4.69, 9.17) is 9.72 Å². The van der Waals surface area contributed by atoms with E-state index in [1.807, 2.05) is 29.5 Å². The summed E-state index contributed by atoms with van der Waals surface area (Å²) in [7, 11) is -3.77. The van der Waals surface area contributed by atoms with E-state index in [0.717, 1.165) is 24.8 Å². The summed E-state index contributed by atoms with van der Waals surface area (Å²) in [6, 6.07) is 4.76. The smallest absolute Gasteiger partial charge is 0.275 e. The van der Waals surface area contributed by atoms with Crippen molar-refractivity contribution in [3.05, 3.63) is 40.3 Å². The lowest BCUT2D eigenvalue weighted by Crippen LogP contribution is -2.49. The number of rotatable bonds is 11. The van der Waals surface area contributed by atoms with Gasteiger partial charge in [-0.15, -0.1) is 0 Å². The first-order chi connectivity index (χ1) is 17.8. The van der Waals surface area contributed by atoms with Crippen molar-refractivity contribution < 1.29 is 18.3 Å². The van der Waals surface area contributed by atoms with Gasteiger partial charge >= 0.3 is 0 Å². The van der Waals surface area contributed by atoms with E-state index in [2.05, 4.69) is 11.9 Å². The minimum Gasteiger partial charge on any atom is -0.493 e. The molecule has 0 saturated carbocycles. The summed E-state index contributed by atoms with van der Waals surface area (Å²) in [5.74, 6) is 0.766. The normalized spacial score (nSPS) is 15.5. The zero-order valence-electron chi connectivity index (χ0n) is 21.9. The molecular formula is C26H37N5O5S. The van der Waals surface area contributed by atoms with E-state index in [1.165, 1.54) is 4.31 Å². The third kappa shape index (κ3) is 5.59. The Labute approximate surface area is 217 Å². The van der Waals surface area contributed by atoms with Crippen LogP contribution in [0.3, 0.4) is 0 Å². The quantitative estimate of drug-likeness (QED) is 0.390. The molecule has 0 amide bonds. The molecule has 37 heavy (non-hydrogen) atoms. The summed E-state index contributed by atoms with van der Waals surface area (Å²) >= 11 is 0. The number of hydrogen-bond donors (Lipinski definition) is 2. The van der Waals surface area contributed by atoms with Crippen molar-refractivity contribution in [1.29, 1.82) is 0 Å². The Hall–Kier alpha value is -2.73. The van der Waals surface area contributed by atoms with Crippen LogP contribution in [0, 0.1) is 0 Å². The van der Waals surface area contributed by atoms with Gasteiger partial charge < -0.3 is 19.4 Å². The van der Waals surface area contributed by atoms with Crippen LogP contribution in [-0.2, 0) is 23.0 Å². The number of nitrogens with zero attached hydrogens (tertiary/aromatic N) is 4. The Morgan fingerprint density at radius 1 is 1.11 bits per heavy atom. The second-order valence-electron chi connectivity index (χ2n) is 9.28. The molecule has 0 aliphatic carbocycles. The number of hydrogen-bond acceptors (Lipinski definition) is 7. The molecule has 2 aromatic heterocycles. The first-order valence-corrected chi connectivity index (χ1v) is 14.5. The molecule has 10 nitrogen and oxygen atoms in total. The van der Waals surface area contributed by atoms with Gasteiger partial charge in [0.05, 0.1) is 29.2 Å². The van der Waals surface area contributed by atoms with E-state index in [1.54, 1.807) is 18.2 Å². The molecular weight excluding hydrogens is 494 g/mol. The molecule has 3 aromatic rings. The highest BCUT2D eigenvalue weighted by Gasteiger charge is 2.29. The van der Waals surface area contributed by atoms with E-state index in [-0.39, 0.29) is 17.1 Å². The molecule has 2 N–H and O–H groups in total. The van der Waals surface area contributed by atoms with E-state index >= 15 is 0 Å². The molecule has 0 radical (unpaired) electrons. The topological polar surface area (TPSA) is 121 Å². The zero-order valence-corrected chi connectivity index (χ0v) is 22.7. The van der Waals surface area contributed by atoms with Gasteiger partial charge in [0.15, 0.2) is 0 Å². The number of H-pyrrole nitrogens is 1. The summed E-state index contributed by atoms with van der Waals surface area (Å²) in [5, 5.41) is 9.18. The maximum Gasteiger partial charge on any atom is 0.275 e. The van der Waals surface area contributed by atoms with Crippen molar-refractivity contribution in [2.75, 3.05) is 45.9 Å².